The molecule has 0 fully saturated rings. The summed E-state index contributed by atoms with van der Waals surface area (Å²) in [5.74, 6) is -0.443. The Kier molecular flexibility index (Phi) is 4.02. The number of Topliss-reactive ketones (excluding diaryl/α,β-unsaturated/α-hetero) is 1. The molecule has 0 atom stereocenters. The molecule has 0 radical (unpaired) electrons. The van der Waals surface area contributed by atoms with Gasteiger partial charge in [-0.3, -0.25) is 9.48 Å². The Balaban J connectivity index is 2.07. The lowest BCUT2D eigenvalue weighted by atomic mass is 10.0. The van der Waals surface area contributed by atoms with Gasteiger partial charge in [-0.05, 0) is 24.6 Å². The SMILES string of the molecule is Cc1nn(C)cc1C(=O)Cc1ccc(OC(F)(F)F)cc1. The minimum absolute atomic E-state index is 0.0961. The van der Waals surface area contributed by atoms with Crippen LogP contribution in [0.15, 0.2) is 30.5 Å². The van der Waals surface area contributed by atoms with Gasteiger partial charge in [0.2, 0.25) is 0 Å². The van der Waals surface area contributed by atoms with Crippen LogP contribution in [0, 0.1) is 6.92 Å². The Morgan fingerprint density at radius 3 is 2.38 bits per heavy atom. The Bertz CT molecular complexity index is 645. The molecule has 21 heavy (non-hydrogen) atoms. The van der Waals surface area contributed by atoms with Crippen LogP contribution in [-0.4, -0.2) is 21.9 Å². The maximum atomic E-state index is 12.1. The Morgan fingerprint density at radius 2 is 1.90 bits per heavy atom. The smallest absolute Gasteiger partial charge is 0.406 e. The fourth-order valence-corrected chi connectivity index (χ4v) is 1.96. The first-order valence-corrected chi connectivity index (χ1v) is 6.13. The number of ketones is 1. The number of aryl methyl sites for hydroxylation is 2. The van der Waals surface area contributed by atoms with E-state index in [1.807, 2.05) is 0 Å². The molecule has 0 bridgehead atoms. The van der Waals surface area contributed by atoms with E-state index >= 15 is 0 Å². The van der Waals surface area contributed by atoms with E-state index in [2.05, 4.69) is 9.84 Å². The molecule has 1 aromatic heterocycles. The molecule has 0 unspecified atom stereocenters. The summed E-state index contributed by atoms with van der Waals surface area (Å²) in [7, 11) is 1.72. The third kappa shape index (κ3) is 4.08. The van der Waals surface area contributed by atoms with Crippen LogP contribution in [0.3, 0.4) is 0 Å². The van der Waals surface area contributed by atoms with Gasteiger partial charge in [-0.1, -0.05) is 12.1 Å². The Labute approximate surface area is 119 Å². The molecular weight excluding hydrogens is 285 g/mol. The van der Waals surface area contributed by atoms with E-state index in [0.29, 0.717) is 16.8 Å². The first-order chi connectivity index (χ1) is 9.74. The predicted octanol–water partition coefficient (Wildman–Crippen LogP) is 3.05. The van der Waals surface area contributed by atoms with Gasteiger partial charge in [0.1, 0.15) is 5.75 Å². The van der Waals surface area contributed by atoms with Crippen LogP contribution in [0.2, 0.25) is 0 Å². The zero-order valence-electron chi connectivity index (χ0n) is 11.4. The van der Waals surface area contributed by atoms with Gasteiger partial charge < -0.3 is 4.74 Å². The number of carbonyl (C=O) groups excluding carboxylic acids is 1. The van der Waals surface area contributed by atoms with Gasteiger partial charge in [0.25, 0.3) is 0 Å². The van der Waals surface area contributed by atoms with Crippen molar-refractivity contribution in [2.45, 2.75) is 19.7 Å². The van der Waals surface area contributed by atoms with Crippen LogP contribution in [-0.2, 0) is 13.5 Å². The first kappa shape index (κ1) is 15.1. The summed E-state index contributed by atoms with van der Waals surface area (Å²) in [6, 6.07) is 5.24. The minimum atomic E-state index is -4.72. The van der Waals surface area contributed by atoms with Gasteiger partial charge in [0.15, 0.2) is 5.78 Å². The predicted molar refractivity (Wildman–Crippen MR) is 69.1 cm³/mol. The van der Waals surface area contributed by atoms with Crippen LogP contribution < -0.4 is 4.74 Å². The van der Waals surface area contributed by atoms with Gasteiger partial charge in [-0.2, -0.15) is 5.10 Å². The molecule has 0 aliphatic heterocycles. The highest BCUT2D eigenvalue weighted by Crippen LogP contribution is 2.23. The van der Waals surface area contributed by atoms with E-state index in [4.69, 9.17) is 0 Å². The number of alkyl halides is 3. The number of benzene rings is 1. The number of hydrogen-bond acceptors (Lipinski definition) is 3. The lowest BCUT2D eigenvalue weighted by Gasteiger charge is -2.09. The monoisotopic (exact) mass is 298 g/mol. The third-order valence-corrected chi connectivity index (χ3v) is 2.84. The molecular formula is C14H13F3N2O2. The fourth-order valence-electron chi connectivity index (χ4n) is 1.96. The number of aromatic nitrogens is 2. The highest BCUT2D eigenvalue weighted by Gasteiger charge is 2.30. The van der Waals surface area contributed by atoms with E-state index in [9.17, 15) is 18.0 Å². The van der Waals surface area contributed by atoms with Crippen LogP contribution in [0.25, 0.3) is 0 Å². The summed E-state index contributed by atoms with van der Waals surface area (Å²) in [5, 5.41) is 4.08. The van der Waals surface area contributed by atoms with Gasteiger partial charge in [0, 0.05) is 19.7 Å². The molecule has 1 heterocycles. The zero-order chi connectivity index (χ0) is 15.6. The first-order valence-electron chi connectivity index (χ1n) is 6.13. The Morgan fingerprint density at radius 1 is 1.29 bits per heavy atom. The van der Waals surface area contributed by atoms with Gasteiger partial charge in [-0.15, -0.1) is 13.2 Å². The minimum Gasteiger partial charge on any atom is -0.406 e. The lowest BCUT2D eigenvalue weighted by Crippen LogP contribution is -2.17. The fraction of sp³-hybridized carbons (Fsp3) is 0.286. The van der Waals surface area contributed by atoms with Gasteiger partial charge in [0.05, 0.1) is 11.3 Å². The Hall–Kier alpha value is -2.31. The number of ether oxygens (including phenoxy) is 1. The second-order valence-corrected chi connectivity index (χ2v) is 4.59. The van der Waals surface area contributed by atoms with Crippen LogP contribution in [0.1, 0.15) is 21.6 Å². The van der Waals surface area contributed by atoms with Crippen molar-refractivity contribution in [3.63, 3.8) is 0 Å². The van der Waals surface area contributed by atoms with E-state index < -0.39 is 6.36 Å². The average Bonchev–Trinajstić information content (AvgIpc) is 2.69. The second-order valence-electron chi connectivity index (χ2n) is 4.59. The largest absolute Gasteiger partial charge is 0.573 e. The van der Waals surface area contributed by atoms with Crippen molar-refractivity contribution in [3.05, 3.63) is 47.3 Å². The number of hydrogen-bond donors (Lipinski definition) is 0. The topological polar surface area (TPSA) is 44.1 Å². The van der Waals surface area contributed by atoms with Gasteiger partial charge >= 0.3 is 6.36 Å². The molecule has 7 heteroatoms. The summed E-state index contributed by atoms with van der Waals surface area (Å²) in [6.07, 6.45) is -3.00. The van der Waals surface area contributed by atoms with Crippen molar-refractivity contribution in [1.82, 2.24) is 9.78 Å². The van der Waals surface area contributed by atoms with Crippen molar-refractivity contribution < 1.29 is 22.7 Å². The molecule has 0 aliphatic rings. The normalized spacial score (nSPS) is 11.5. The quantitative estimate of drug-likeness (QED) is 0.815. The van der Waals surface area contributed by atoms with Crippen LogP contribution >= 0.6 is 0 Å². The molecule has 2 aromatic rings. The van der Waals surface area contributed by atoms with Crippen molar-refractivity contribution in [2.24, 2.45) is 7.05 Å². The van der Waals surface area contributed by atoms with E-state index in [-0.39, 0.29) is 18.0 Å². The molecule has 0 aliphatic carbocycles. The lowest BCUT2D eigenvalue weighted by molar-refractivity contribution is -0.274. The molecule has 1 aromatic carbocycles. The third-order valence-electron chi connectivity index (χ3n) is 2.84. The van der Waals surface area contributed by atoms with Crippen molar-refractivity contribution in [3.8, 4) is 5.75 Å². The molecule has 0 N–H and O–H groups in total. The number of rotatable bonds is 4. The summed E-state index contributed by atoms with van der Waals surface area (Å²) >= 11 is 0. The summed E-state index contributed by atoms with van der Waals surface area (Å²) in [6.45, 7) is 1.73. The van der Waals surface area contributed by atoms with E-state index in [1.165, 1.54) is 24.3 Å². The molecule has 112 valence electrons. The maximum Gasteiger partial charge on any atom is 0.573 e. The highest BCUT2D eigenvalue weighted by molar-refractivity contribution is 5.98. The van der Waals surface area contributed by atoms with E-state index in [0.717, 1.165) is 0 Å². The zero-order valence-corrected chi connectivity index (χ0v) is 11.4. The standard InChI is InChI=1S/C14H13F3N2O2/c1-9-12(8-19(2)18-9)13(20)7-10-3-5-11(6-4-10)21-14(15,16)17/h3-6,8H,7H2,1-2H3. The van der Waals surface area contributed by atoms with Crippen molar-refractivity contribution in [2.75, 3.05) is 0 Å². The van der Waals surface area contributed by atoms with Crippen molar-refractivity contribution >= 4 is 5.78 Å². The number of nitrogens with zero attached hydrogens (tertiary/aromatic N) is 2. The summed E-state index contributed by atoms with van der Waals surface area (Å²) in [5.41, 5.74) is 1.74. The molecule has 2 rings (SSSR count). The molecule has 0 saturated carbocycles. The van der Waals surface area contributed by atoms with Crippen LogP contribution in [0.5, 0.6) is 5.75 Å². The van der Waals surface area contributed by atoms with Crippen LogP contribution in [0.4, 0.5) is 13.2 Å². The molecule has 4 nitrogen and oxygen atoms in total. The maximum absolute atomic E-state index is 12.1. The molecule has 0 spiro atoms. The number of halogens is 3. The molecule has 0 amide bonds. The van der Waals surface area contributed by atoms with Crippen molar-refractivity contribution in [1.29, 1.82) is 0 Å². The van der Waals surface area contributed by atoms with Gasteiger partial charge in [-0.25, -0.2) is 0 Å². The molecule has 0 saturated heterocycles. The summed E-state index contributed by atoms with van der Waals surface area (Å²) in [4.78, 5) is 12.1. The number of carbonyl (C=O) groups is 1. The highest BCUT2D eigenvalue weighted by atomic mass is 19.4. The second kappa shape index (κ2) is 5.59. The summed E-state index contributed by atoms with van der Waals surface area (Å²) < 4.78 is 41.4. The average molecular weight is 298 g/mol. The van der Waals surface area contributed by atoms with E-state index in [1.54, 1.807) is 24.9 Å².